The van der Waals surface area contributed by atoms with Gasteiger partial charge in [-0.2, -0.15) is 0 Å². The zero-order valence-electron chi connectivity index (χ0n) is 18.2. The average Bonchev–Trinajstić information content (AvgIpc) is 2.76. The van der Waals surface area contributed by atoms with Gasteiger partial charge in [0.1, 0.15) is 0 Å². The van der Waals surface area contributed by atoms with Crippen molar-refractivity contribution >= 4 is 11.6 Å². The van der Waals surface area contributed by atoms with Crippen LogP contribution in [-0.4, -0.2) is 40.8 Å². The van der Waals surface area contributed by atoms with E-state index in [2.05, 4.69) is 24.2 Å². The molecule has 0 aliphatic rings. The molecule has 0 fully saturated rings. The quantitative estimate of drug-likeness (QED) is 0.639. The minimum absolute atomic E-state index is 0.131. The van der Waals surface area contributed by atoms with Crippen LogP contribution in [0.1, 0.15) is 48.7 Å². The van der Waals surface area contributed by atoms with Crippen LogP contribution in [0, 0.1) is 0 Å². The number of carbonyl (C=O) groups excluding carboxylic acids is 1. The van der Waals surface area contributed by atoms with Crippen LogP contribution in [-0.2, 0) is 0 Å². The molecule has 158 valence electrons. The Morgan fingerprint density at radius 1 is 1.03 bits per heavy atom. The maximum absolute atomic E-state index is 12.7. The number of nitrogens with one attached hydrogen (secondary N) is 1. The highest BCUT2D eigenvalue weighted by Gasteiger charge is 2.18. The summed E-state index contributed by atoms with van der Waals surface area (Å²) < 4.78 is 16.2. The van der Waals surface area contributed by atoms with Gasteiger partial charge < -0.3 is 24.4 Å². The van der Waals surface area contributed by atoms with E-state index < -0.39 is 0 Å². The van der Waals surface area contributed by atoms with Crippen LogP contribution >= 0.6 is 0 Å². The summed E-state index contributed by atoms with van der Waals surface area (Å²) in [6.45, 7) is 5.10. The predicted octanol–water partition coefficient (Wildman–Crippen LogP) is 4.44. The Kier molecular flexibility index (Phi) is 8.19. The molecule has 6 nitrogen and oxygen atoms in total. The first-order chi connectivity index (χ1) is 13.9. The Morgan fingerprint density at radius 3 is 2.10 bits per heavy atom. The van der Waals surface area contributed by atoms with Gasteiger partial charge in [0.25, 0.3) is 5.91 Å². The lowest BCUT2D eigenvalue weighted by Crippen LogP contribution is -2.27. The third-order valence-electron chi connectivity index (χ3n) is 4.95. The summed E-state index contributed by atoms with van der Waals surface area (Å²) in [6, 6.07) is 11.1. The predicted molar refractivity (Wildman–Crippen MR) is 117 cm³/mol. The first kappa shape index (κ1) is 22.4. The second-order valence-electron chi connectivity index (χ2n) is 6.98. The molecule has 1 atom stereocenters. The second kappa shape index (κ2) is 10.6. The highest BCUT2D eigenvalue weighted by atomic mass is 16.5. The third kappa shape index (κ3) is 5.56. The van der Waals surface area contributed by atoms with Crippen LogP contribution in [0.4, 0.5) is 5.69 Å². The molecule has 0 aliphatic carbocycles. The lowest BCUT2D eigenvalue weighted by Gasteiger charge is -2.20. The Labute approximate surface area is 173 Å². The van der Waals surface area contributed by atoms with E-state index in [1.807, 2.05) is 43.3 Å². The van der Waals surface area contributed by atoms with Crippen molar-refractivity contribution < 1.29 is 19.0 Å². The third-order valence-corrected chi connectivity index (χ3v) is 4.95. The van der Waals surface area contributed by atoms with Gasteiger partial charge in [0, 0.05) is 24.8 Å². The Balaban J connectivity index is 2.12. The molecule has 2 aromatic carbocycles. The van der Waals surface area contributed by atoms with E-state index in [1.165, 1.54) is 0 Å². The average molecular weight is 401 g/mol. The maximum Gasteiger partial charge on any atom is 0.251 e. The highest BCUT2D eigenvalue weighted by Crippen LogP contribution is 2.39. The molecule has 0 aromatic heterocycles. The smallest absolute Gasteiger partial charge is 0.251 e. The van der Waals surface area contributed by atoms with E-state index in [9.17, 15) is 4.79 Å². The molecule has 0 saturated heterocycles. The molecule has 29 heavy (non-hydrogen) atoms. The molecular weight excluding hydrogens is 368 g/mol. The summed E-state index contributed by atoms with van der Waals surface area (Å²) in [5.41, 5.74) is 2.59. The van der Waals surface area contributed by atoms with Gasteiger partial charge in [0.15, 0.2) is 11.5 Å². The number of methoxy groups -OCH3 is 3. The number of ether oxygens (including phenoxy) is 3. The molecule has 6 heteroatoms. The van der Waals surface area contributed by atoms with Gasteiger partial charge in [-0.15, -0.1) is 0 Å². The number of nitrogens with zero attached hydrogens (tertiary/aromatic N) is 1. The number of hydrogen-bond donors (Lipinski definition) is 1. The van der Waals surface area contributed by atoms with Gasteiger partial charge in [-0.1, -0.05) is 13.3 Å². The normalized spacial score (nSPS) is 11.5. The number of benzene rings is 2. The molecule has 1 unspecified atom stereocenters. The van der Waals surface area contributed by atoms with Crippen molar-refractivity contribution in [3.63, 3.8) is 0 Å². The summed E-state index contributed by atoms with van der Waals surface area (Å²) in [5.74, 6) is 1.51. The minimum atomic E-state index is -0.233. The molecule has 1 N–H and O–H groups in total. The number of hydrogen-bond acceptors (Lipinski definition) is 5. The van der Waals surface area contributed by atoms with Gasteiger partial charge in [0.2, 0.25) is 5.75 Å². The monoisotopic (exact) mass is 400 g/mol. The summed E-state index contributed by atoms with van der Waals surface area (Å²) in [4.78, 5) is 14.9. The summed E-state index contributed by atoms with van der Waals surface area (Å²) in [5, 5.41) is 3.03. The Bertz CT molecular complexity index is 780. The first-order valence-corrected chi connectivity index (χ1v) is 9.87. The molecular formula is C23H32N2O4. The van der Waals surface area contributed by atoms with Crippen molar-refractivity contribution in [2.75, 3.05) is 39.8 Å². The van der Waals surface area contributed by atoms with Crippen LogP contribution < -0.4 is 24.4 Å². The van der Waals surface area contributed by atoms with Crippen molar-refractivity contribution in [3.05, 3.63) is 47.5 Å². The number of carbonyl (C=O) groups is 1. The molecule has 2 aromatic rings. The first-order valence-electron chi connectivity index (χ1n) is 9.87. The van der Waals surface area contributed by atoms with Gasteiger partial charge in [0.05, 0.1) is 27.4 Å². The van der Waals surface area contributed by atoms with E-state index in [0.29, 0.717) is 22.8 Å². The fourth-order valence-corrected chi connectivity index (χ4v) is 3.11. The molecule has 0 heterocycles. The lowest BCUT2D eigenvalue weighted by molar-refractivity contribution is 0.0939. The highest BCUT2D eigenvalue weighted by molar-refractivity contribution is 5.94. The minimum Gasteiger partial charge on any atom is -0.493 e. The molecule has 0 bridgehead atoms. The van der Waals surface area contributed by atoms with E-state index >= 15 is 0 Å². The van der Waals surface area contributed by atoms with E-state index in [-0.39, 0.29) is 11.9 Å². The standard InChI is InChI=1S/C23H32N2O4/c1-7-8-13-25(3)19-11-9-17(10-12-19)23(26)24-16(2)18-14-20(27-4)22(29-6)21(15-18)28-5/h9-12,14-16H,7-8,13H2,1-6H3,(H,24,26). The Hall–Kier alpha value is -2.89. The van der Waals surface area contributed by atoms with Crippen LogP contribution in [0.25, 0.3) is 0 Å². The van der Waals surface area contributed by atoms with Gasteiger partial charge >= 0.3 is 0 Å². The summed E-state index contributed by atoms with van der Waals surface area (Å²) in [6.07, 6.45) is 2.30. The fourth-order valence-electron chi connectivity index (χ4n) is 3.11. The second-order valence-corrected chi connectivity index (χ2v) is 6.98. The van der Waals surface area contributed by atoms with Crippen LogP contribution in [0.5, 0.6) is 17.2 Å². The van der Waals surface area contributed by atoms with Crippen LogP contribution in [0.2, 0.25) is 0 Å². The molecule has 0 saturated carbocycles. The van der Waals surface area contributed by atoms with Crippen molar-refractivity contribution in [1.82, 2.24) is 5.32 Å². The largest absolute Gasteiger partial charge is 0.493 e. The van der Waals surface area contributed by atoms with E-state index in [0.717, 1.165) is 30.6 Å². The molecule has 0 spiro atoms. The van der Waals surface area contributed by atoms with E-state index in [1.54, 1.807) is 21.3 Å². The van der Waals surface area contributed by atoms with Crippen molar-refractivity contribution in [2.24, 2.45) is 0 Å². The number of amides is 1. The maximum atomic E-state index is 12.7. The van der Waals surface area contributed by atoms with Crippen LogP contribution in [0.15, 0.2) is 36.4 Å². The summed E-state index contributed by atoms with van der Waals surface area (Å²) in [7, 11) is 6.78. The van der Waals surface area contributed by atoms with Gasteiger partial charge in [-0.05, 0) is 55.3 Å². The topological polar surface area (TPSA) is 60.0 Å². The Morgan fingerprint density at radius 2 is 1.62 bits per heavy atom. The van der Waals surface area contributed by atoms with Crippen molar-refractivity contribution in [1.29, 1.82) is 0 Å². The summed E-state index contributed by atoms with van der Waals surface area (Å²) >= 11 is 0. The molecule has 2 rings (SSSR count). The zero-order chi connectivity index (χ0) is 21.4. The van der Waals surface area contributed by atoms with Crippen LogP contribution in [0.3, 0.4) is 0 Å². The zero-order valence-corrected chi connectivity index (χ0v) is 18.2. The fraction of sp³-hybridized carbons (Fsp3) is 0.435. The van der Waals surface area contributed by atoms with Crippen molar-refractivity contribution in [3.8, 4) is 17.2 Å². The molecule has 0 aliphatic heterocycles. The molecule has 1 amide bonds. The van der Waals surface area contributed by atoms with Crippen molar-refractivity contribution in [2.45, 2.75) is 32.7 Å². The van der Waals surface area contributed by atoms with E-state index in [4.69, 9.17) is 14.2 Å². The lowest BCUT2D eigenvalue weighted by atomic mass is 10.1. The SMILES string of the molecule is CCCCN(C)c1ccc(C(=O)NC(C)c2cc(OC)c(OC)c(OC)c2)cc1. The van der Waals surface area contributed by atoms with Gasteiger partial charge in [-0.3, -0.25) is 4.79 Å². The molecule has 0 radical (unpaired) electrons. The number of anilines is 1. The number of unbranched alkanes of at least 4 members (excludes halogenated alkanes) is 1. The number of rotatable bonds is 10. The van der Waals surface area contributed by atoms with Gasteiger partial charge in [-0.25, -0.2) is 0 Å².